The van der Waals surface area contributed by atoms with Crippen molar-refractivity contribution in [2.45, 2.75) is 38.8 Å². The summed E-state index contributed by atoms with van der Waals surface area (Å²) in [4.78, 5) is 16.9. The second-order valence-electron chi connectivity index (χ2n) is 8.21. The number of carbonyl (C=O) groups excluding carboxylic acids is 1. The number of para-hydroxylation sites is 1. The number of carbonyl (C=O) groups is 1. The van der Waals surface area contributed by atoms with Crippen molar-refractivity contribution in [3.05, 3.63) is 57.8 Å². The van der Waals surface area contributed by atoms with Crippen LogP contribution in [-0.2, 0) is 0 Å². The molecule has 0 bridgehead atoms. The van der Waals surface area contributed by atoms with Crippen LogP contribution in [0.5, 0.6) is 5.75 Å². The number of likely N-dealkylation sites (tertiary alicyclic amines) is 1. The smallest absolute Gasteiger partial charge is 0.257 e. The van der Waals surface area contributed by atoms with Crippen LogP contribution < -0.4 is 10.6 Å². The number of β-amino-alcohol motifs (C(OH)–C–C–N with tert-alkyl or cyclic N) is 1. The van der Waals surface area contributed by atoms with Crippen LogP contribution in [0.2, 0.25) is 0 Å². The molecule has 1 aliphatic heterocycles. The van der Waals surface area contributed by atoms with Crippen LogP contribution >= 0.6 is 23.1 Å². The van der Waals surface area contributed by atoms with Gasteiger partial charge in [0.15, 0.2) is 17.4 Å². The van der Waals surface area contributed by atoms with E-state index in [4.69, 9.17) is 0 Å². The second kappa shape index (κ2) is 9.90. The molecule has 0 spiro atoms. The van der Waals surface area contributed by atoms with Gasteiger partial charge in [-0.2, -0.15) is 8.75 Å². The number of nitrogens with one attached hydrogen (secondary N) is 2. The van der Waals surface area contributed by atoms with E-state index in [1.807, 2.05) is 6.92 Å². The lowest BCUT2D eigenvalue weighted by Crippen LogP contribution is -2.42. The molecule has 33 heavy (non-hydrogen) atoms. The van der Waals surface area contributed by atoms with Crippen LogP contribution in [0.25, 0.3) is 0 Å². The first-order valence-electron chi connectivity index (χ1n) is 10.7. The highest BCUT2D eigenvalue weighted by molar-refractivity contribution is 7.12. The third-order valence-corrected chi connectivity index (χ3v) is 7.11. The Morgan fingerprint density at radius 3 is 2.76 bits per heavy atom. The van der Waals surface area contributed by atoms with Gasteiger partial charge in [0.25, 0.3) is 5.91 Å². The maximum absolute atomic E-state index is 12.9. The van der Waals surface area contributed by atoms with Crippen molar-refractivity contribution in [1.29, 1.82) is 0 Å². The lowest BCUT2D eigenvalue weighted by atomic mass is 10.1. The number of aromatic hydroxyl groups is 1. The highest BCUT2D eigenvalue weighted by atomic mass is 32.1. The summed E-state index contributed by atoms with van der Waals surface area (Å²) in [5, 5.41) is 27.2. The molecule has 1 aliphatic rings. The molecule has 3 aromatic rings. The highest BCUT2D eigenvalue weighted by Crippen LogP contribution is 2.36. The molecular weight excluding hydrogens is 458 g/mol. The maximum Gasteiger partial charge on any atom is 0.257 e. The lowest BCUT2D eigenvalue weighted by molar-refractivity contribution is 0.0471. The number of aliphatic hydroxyl groups excluding tert-OH is 1. The van der Waals surface area contributed by atoms with E-state index in [1.165, 1.54) is 4.88 Å². The summed E-state index contributed by atoms with van der Waals surface area (Å²) in [6, 6.07) is 8.97. The summed E-state index contributed by atoms with van der Waals surface area (Å²) in [7, 11) is 0. The number of nitrogens with zero attached hydrogens (tertiary/aromatic N) is 3. The number of aromatic nitrogens is 2. The van der Waals surface area contributed by atoms with Crippen LogP contribution in [-0.4, -0.2) is 49.0 Å². The molecule has 0 radical (unpaired) electrons. The number of thiophene rings is 1. The molecule has 1 amide bonds. The minimum atomic E-state index is -0.533. The Bertz CT molecular complexity index is 1160. The van der Waals surface area contributed by atoms with Crippen molar-refractivity contribution < 1.29 is 15.0 Å². The van der Waals surface area contributed by atoms with E-state index in [0.29, 0.717) is 30.3 Å². The van der Waals surface area contributed by atoms with Gasteiger partial charge in [-0.3, -0.25) is 4.79 Å². The second-order valence-corrected chi connectivity index (χ2v) is 10.1. The third kappa shape index (κ3) is 5.18. The number of hydrogen-bond donors (Lipinski definition) is 4. The fourth-order valence-corrected chi connectivity index (χ4v) is 5.30. The molecule has 174 valence electrons. The first-order valence-corrected chi connectivity index (χ1v) is 12.3. The van der Waals surface area contributed by atoms with Crippen molar-refractivity contribution in [2.24, 2.45) is 0 Å². The fraction of sp³-hybridized carbons (Fsp3) is 0.348. The van der Waals surface area contributed by atoms with Crippen molar-refractivity contribution >= 4 is 46.3 Å². The first-order chi connectivity index (χ1) is 15.8. The average Bonchev–Trinajstić information content (AvgIpc) is 3.41. The number of rotatable bonds is 7. The van der Waals surface area contributed by atoms with E-state index < -0.39 is 6.10 Å². The van der Waals surface area contributed by atoms with E-state index >= 15 is 0 Å². The maximum atomic E-state index is 12.9. The Hall–Kier alpha value is -2.95. The number of hydrogen-bond acceptors (Lipinski definition) is 9. The predicted molar refractivity (Wildman–Crippen MR) is 133 cm³/mol. The zero-order valence-corrected chi connectivity index (χ0v) is 20.2. The van der Waals surface area contributed by atoms with Crippen LogP contribution in [0.4, 0.5) is 17.3 Å². The first kappa shape index (κ1) is 23.2. The molecule has 10 heteroatoms. The van der Waals surface area contributed by atoms with Crippen molar-refractivity contribution in [3.63, 3.8) is 0 Å². The molecule has 1 fully saturated rings. The normalized spacial score (nSPS) is 16.9. The Balaban J connectivity index is 1.55. The third-order valence-electron chi connectivity index (χ3n) is 5.51. The van der Waals surface area contributed by atoms with Gasteiger partial charge in [-0.25, -0.2) is 0 Å². The molecule has 1 aromatic carbocycles. The van der Waals surface area contributed by atoms with Crippen LogP contribution in [0.3, 0.4) is 0 Å². The molecule has 4 N–H and O–H groups in total. The van der Waals surface area contributed by atoms with Gasteiger partial charge in [0.1, 0.15) is 0 Å². The number of piperidine rings is 1. The van der Waals surface area contributed by atoms with E-state index in [9.17, 15) is 15.0 Å². The van der Waals surface area contributed by atoms with Crippen molar-refractivity contribution in [3.8, 4) is 5.75 Å². The molecule has 1 saturated heterocycles. The van der Waals surface area contributed by atoms with E-state index in [-0.39, 0.29) is 29.8 Å². The fourth-order valence-electron chi connectivity index (χ4n) is 3.80. The Morgan fingerprint density at radius 1 is 1.27 bits per heavy atom. The average molecular weight is 486 g/mol. The van der Waals surface area contributed by atoms with Crippen molar-refractivity contribution in [2.75, 3.05) is 23.7 Å². The molecule has 4 rings (SSSR count). The summed E-state index contributed by atoms with van der Waals surface area (Å²) >= 11 is 2.73. The molecule has 2 unspecified atom stereocenters. The van der Waals surface area contributed by atoms with E-state index in [1.54, 1.807) is 34.4 Å². The summed E-state index contributed by atoms with van der Waals surface area (Å²) in [6.45, 7) is 8.95. The quantitative estimate of drug-likeness (QED) is 0.284. The molecule has 8 nitrogen and oxygen atoms in total. The Morgan fingerprint density at radius 2 is 2.06 bits per heavy atom. The van der Waals surface area contributed by atoms with E-state index in [2.05, 4.69) is 45.0 Å². The van der Waals surface area contributed by atoms with Gasteiger partial charge in [-0.15, -0.1) is 11.3 Å². The number of phenols is 1. The van der Waals surface area contributed by atoms with Crippen LogP contribution in [0, 0.1) is 6.92 Å². The standard InChI is InChI=1S/C23H27N5O3S2/c1-13(2)19(18-10-9-14(3)32-18)25-22-21(26-33-27-22)24-17-8-4-7-16(20(17)30)23(31)28-11-5-6-15(29)12-28/h4,7-10,15,19,29-30H,1,5-6,11-12H2,2-3H3,(H,24,26)(H,25,27). The van der Waals surface area contributed by atoms with Gasteiger partial charge in [0.2, 0.25) is 0 Å². The monoisotopic (exact) mass is 485 g/mol. The van der Waals surface area contributed by atoms with Gasteiger partial charge in [0, 0.05) is 22.8 Å². The molecule has 2 atom stereocenters. The van der Waals surface area contributed by atoms with Gasteiger partial charge in [-0.1, -0.05) is 18.2 Å². The minimum Gasteiger partial charge on any atom is -0.505 e. The molecule has 3 heterocycles. The van der Waals surface area contributed by atoms with Crippen LogP contribution in [0.1, 0.15) is 45.9 Å². The summed E-state index contributed by atoms with van der Waals surface area (Å²) in [6.07, 6.45) is 0.883. The number of aliphatic hydroxyl groups is 1. The predicted octanol–water partition coefficient (Wildman–Crippen LogP) is 4.68. The number of benzene rings is 1. The van der Waals surface area contributed by atoms with Gasteiger partial charge in [0.05, 0.1) is 35.1 Å². The number of anilines is 3. The molecule has 0 aliphatic carbocycles. The van der Waals surface area contributed by atoms with Crippen molar-refractivity contribution in [1.82, 2.24) is 13.6 Å². The Kier molecular flexibility index (Phi) is 6.96. The van der Waals surface area contributed by atoms with Crippen LogP contribution in [0.15, 0.2) is 42.5 Å². The summed E-state index contributed by atoms with van der Waals surface area (Å²) in [5.41, 5.74) is 1.48. The summed E-state index contributed by atoms with van der Waals surface area (Å²) < 4.78 is 8.70. The highest BCUT2D eigenvalue weighted by Gasteiger charge is 2.26. The molecule has 2 aromatic heterocycles. The van der Waals surface area contributed by atoms with Gasteiger partial charge >= 0.3 is 0 Å². The Labute approximate surface area is 200 Å². The van der Waals surface area contributed by atoms with E-state index in [0.717, 1.165) is 28.6 Å². The number of amides is 1. The molecule has 0 saturated carbocycles. The topological polar surface area (TPSA) is 111 Å². The minimum absolute atomic E-state index is 0.125. The SMILES string of the molecule is C=C(C)C(Nc1nsnc1Nc1cccc(C(=O)N2CCCC(O)C2)c1O)c1ccc(C)s1. The largest absolute Gasteiger partial charge is 0.505 e. The molecular formula is C23H27N5O3S2. The van der Waals surface area contributed by atoms with Gasteiger partial charge < -0.3 is 25.7 Å². The zero-order chi connectivity index (χ0) is 23.5. The summed E-state index contributed by atoms with van der Waals surface area (Å²) in [5.74, 6) is 0.522. The zero-order valence-electron chi connectivity index (χ0n) is 18.5. The van der Waals surface area contributed by atoms with Gasteiger partial charge in [-0.05, 0) is 51.0 Å². The number of aryl methyl sites for hydroxylation is 1. The lowest BCUT2D eigenvalue weighted by Gasteiger charge is -2.30. The number of phenolic OH excluding ortho intramolecular Hbond substituents is 1.